The largest absolute Gasteiger partial charge is 0.494 e. The van der Waals surface area contributed by atoms with Crippen LogP contribution in [0.5, 0.6) is 11.5 Å². The molecule has 2 aromatic rings. The van der Waals surface area contributed by atoms with Crippen LogP contribution in [0.25, 0.3) is 0 Å². The first kappa shape index (κ1) is 20.2. The molecule has 0 heterocycles. The second kappa shape index (κ2) is 10.7. The molecule has 0 spiro atoms. The van der Waals surface area contributed by atoms with Crippen LogP contribution in [0, 0.1) is 5.92 Å². The minimum Gasteiger partial charge on any atom is -0.494 e. The summed E-state index contributed by atoms with van der Waals surface area (Å²) in [5.41, 5.74) is 1.04. The fourth-order valence-electron chi connectivity index (χ4n) is 3.44. The number of halogens is 2. The average Bonchev–Trinajstić information content (AvgIpc) is 2.68. The van der Waals surface area contributed by atoms with E-state index in [1.807, 2.05) is 24.3 Å². The average molecular weight is 408 g/mol. The van der Waals surface area contributed by atoms with E-state index in [2.05, 4.69) is 5.32 Å². The van der Waals surface area contributed by atoms with Crippen molar-refractivity contribution < 1.29 is 9.47 Å². The van der Waals surface area contributed by atoms with Crippen molar-refractivity contribution in [2.75, 3.05) is 25.1 Å². The molecule has 0 radical (unpaired) electrons. The molecule has 3 rings (SSSR count). The van der Waals surface area contributed by atoms with Gasteiger partial charge in [-0.1, -0.05) is 55.3 Å². The van der Waals surface area contributed by atoms with E-state index in [-0.39, 0.29) is 0 Å². The molecule has 3 nitrogen and oxygen atoms in total. The normalized spacial score (nSPS) is 14.7. The number of ether oxygens (including phenoxy) is 2. The molecule has 2 aromatic carbocycles. The maximum atomic E-state index is 6.09. The van der Waals surface area contributed by atoms with E-state index in [0.717, 1.165) is 24.0 Å². The zero-order chi connectivity index (χ0) is 18.9. The van der Waals surface area contributed by atoms with Crippen molar-refractivity contribution in [3.8, 4) is 11.5 Å². The second-order valence-electron chi connectivity index (χ2n) is 7.02. The van der Waals surface area contributed by atoms with Gasteiger partial charge in [0.1, 0.15) is 18.1 Å². The van der Waals surface area contributed by atoms with Crippen LogP contribution in [-0.4, -0.2) is 19.8 Å². The van der Waals surface area contributed by atoms with Crippen LogP contribution < -0.4 is 14.8 Å². The van der Waals surface area contributed by atoms with Gasteiger partial charge in [-0.15, -0.1) is 0 Å². The highest BCUT2D eigenvalue weighted by molar-refractivity contribution is 6.35. The lowest BCUT2D eigenvalue weighted by atomic mass is 9.87. The van der Waals surface area contributed by atoms with Crippen molar-refractivity contribution in [2.45, 2.75) is 38.5 Å². The van der Waals surface area contributed by atoms with Gasteiger partial charge >= 0.3 is 0 Å². The molecule has 146 valence electrons. The van der Waals surface area contributed by atoms with Gasteiger partial charge < -0.3 is 14.8 Å². The van der Waals surface area contributed by atoms with E-state index >= 15 is 0 Å². The van der Waals surface area contributed by atoms with Gasteiger partial charge in [0.2, 0.25) is 0 Å². The van der Waals surface area contributed by atoms with Gasteiger partial charge in [0.15, 0.2) is 0 Å². The summed E-state index contributed by atoms with van der Waals surface area (Å²) in [5, 5.41) is 4.46. The van der Waals surface area contributed by atoms with Crippen LogP contribution in [0.15, 0.2) is 42.5 Å². The van der Waals surface area contributed by atoms with Gasteiger partial charge in [-0.3, -0.25) is 0 Å². The third-order valence-corrected chi connectivity index (χ3v) is 5.49. The maximum Gasteiger partial charge on any atom is 0.138 e. The zero-order valence-corrected chi connectivity index (χ0v) is 17.1. The van der Waals surface area contributed by atoms with Gasteiger partial charge in [0.05, 0.1) is 11.6 Å². The van der Waals surface area contributed by atoms with Crippen molar-refractivity contribution in [1.29, 1.82) is 0 Å². The van der Waals surface area contributed by atoms with Crippen LogP contribution in [-0.2, 0) is 0 Å². The predicted octanol–water partition coefficient (Wildman–Crippen LogP) is 6.83. The summed E-state index contributed by atoms with van der Waals surface area (Å²) in [6.45, 7) is 2.01. The molecule has 1 aliphatic rings. The lowest BCUT2D eigenvalue weighted by Crippen LogP contribution is -2.12. The van der Waals surface area contributed by atoms with E-state index in [4.69, 9.17) is 32.7 Å². The second-order valence-corrected chi connectivity index (χ2v) is 7.86. The lowest BCUT2D eigenvalue weighted by molar-refractivity contribution is 0.246. The topological polar surface area (TPSA) is 30.5 Å². The SMILES string of the molecule is Clc1ccc(OCCNc2ccc(OCCC3CCCCC3)cc2)c(Cl)c1. The Labute approximate surface area is 172 Å². The summed E-state index contributed by atoms with van der Waals surface area (Å²) >= 11 is 12.0. The molecule has 0 saturated heterocycles. The van der Waals surface area contributed by atoms with Crippen molar-refractivity contribution in [1.82, 2.24) is 0 Å². The summed E-state index contributed by atoms with van der Waals surface area (Å²) in [6, 6.07) is 13.3. The van der Waals surface area contributed by atoms with Crippen molar-refractivity contribution in [3.63, 3.8) is 0 Å². The van der Waals surface area contributed by atoms with E-state index < -0.39 is 0 Å². The Morgan fingerprint density at radius 2 is 1.67 bits per heavy atom. The smallest absolute Gasteiger partial charge is 0.138 e. The van der Waals surface area contributed by atoms with Crippen molar-refractivity contribution in [2.24, 2.45) is 5.92 Å². The summed E-state index contributed by atoms with van der Waals surface area (Å²) in [7, 11) is 0. The van der Waals surface area contributed by atoms with Crippen LogP contribution in [0.2, 0.25) is 10.0 Å². The number of hydrogen-bond acceptors (Lipinski definition) is 3. The van der Waals surface area contributed by atoms with E-state index in [0.29, 0.717) is 28.9 Å². The molecule has 0 unspecified atom stereocenters. The first-order valence-electron chi connectivity index (χ1n) is 9.75. The Morgan fingerprint density at radius 1 is 0.889 bits per heavy atom. The molecule has 0 bridgehead atoms. The Morgan fingerprint density at radius 3 is 2.41 bits per heavy atom. The minimum atomic E-state index is 0.515. The minimum absolute atomic E-state index is 0.515. The first-order valence-corrected chi connectivity index (χ1v) is 10.5. The molecule has 5 heteroatoms. The molecule has 1 N–H and O–H groups in total. The highest BCUT2D eigenvalue weighted by atomic mass is 35.5. The Hall–Kier alpha value is -1.58. The number of hydrogen-bond donors (Lipinski definition) is 1. The summed E-state index contributed by atoms with van der Waals surface area (Å²) in [4.78, 5) is 0. The number of benzene rings is 2. The Bertz CT molecular complexity index is 700. The zero-order valence-electron chi connectivity index (χ0n) is 15.6. The molecule has 1 aliphatic carbocycles. The predicted molar refractivity (Wildman–Crippen MR) is 114 cm³/mol. The van der Waals surface area contributed by atoms with Gasteiger partial charge in [0.25, 0.3) is 0 Å². The van der Waals surface area contributed by atoms with Crippen LogP contribution in [0.4, 0.5) is 5.69 Å². The third-order valence-electron chi connectivity index (χ3n) is 4.96. The van der Waals surface area contributed by atoms with E-state index in [9.17, 15) is 0 Å². The highest BCUT2D eigenvalue weighted by Crippen LogP contribution is 2.28. The molecule has 0 aromatic heterocycles. The number of nitrogens with one attached hydrogen (secondary N) is 1. The van der Waals surface area contributed by atoms with Gasteiger partial charge in [0, 0.05) is 17.3 Å². The van der Waals surface area contributed by atoms with Crippen molar-refractivity contribution in [3.05, 3.63) is 52.5 Å². The number of anilines is 1. The van der Waals surface area contributed by atoms with Crippen LogP contribution >= 0.6 is 23.2 Å². The van der Waals surface area contributed by atoms with Crippen LogP contribution in [0.3, 0.4) is 0 Å². The van der Waals surface area contributed by atoms with Crippen molar-refractivity contribution >= 4 is 28.9 Å². The highest BCUT2D eigenvalue weighted by Gasteiger charge is 2.13. The summed E-state index contributed by atoms with van der Waals surface area (Å²) in [5.74, 6) is 2.43. The first-order chi connectivity index (χ1) is 13.2. The molecule has 0 atom stereocenters. The van der Waals surface area contributed by atoms with Gasteiger partial charge in [-0.25, -0.2) is 0 Å². The van der Waals surface area contributed by atoms with Crippen LogP contribution in [0.1, 0.15) is 38.5 Å². The molecular weight excluding hydrogens is 381 g/mol. The molecule has 1 saturated carbocycles. The fraction of sp³-hybridized carbons (Fsp3) is 0.455. The van der Waals surface area contributed by atoms with E-state index in [1.165, 1.54) is 38.5 Å². The van der Waals surface area contributed by atoms with E-state index in [1.54, 1.807) is 18.2 Å². The molecule has 0 aliphatic heterocycles. The third kappa shape index (κ3) is 6.82. The molecular formula is C22H27Cl2NO2. The molecule has 1 fully saturated rings. The van der Waals surface area contributed by atoms with Gasteiger partial charge in [-0.2, -0.15) is 0 Å². The summed E-state index contributed by atoms with van der Waals surface area (Å²) in [6.07, 6.45) is 8.09. The monoisotopic (exact) mass is 407 g/mol. The standard InChI is InChI=1S/C22H27Cl2NO2/c23-18-6-11-22(21(24)16-18)27-15-13-25-19-7-9-20(10-8-19)26-14-12-17-4-2-1-3-5-17/h6-11,16-17,25H,1-5,12-15H2. The quantitative estimate of drug-likeness (QED) is 0.461. The lowest BCUT2D eigenvalue weighted by Gasteiger charge is -2.21. The summed E-state index contributed by atoms with van der Waals surface area (Å²) < 4.78 is 11.6. The maximum absolute atomic E-state index is 6.09. The van der Waals surface area contributed by atoms with Gasteiger partial charge in [-0.05, 0) is 54.8 Å². The Balaban J connectivity index is 1.33. The fourth-order valence-corrected chi connectivity index (χ4v) is 3.90. The molecule has 27 heavy (non-hydrogen) atoms. The molecule has 0 amide bonds. The Kier molecular flexibility index (Phi) is 7.97. The number of rotatable bonds is 9.